The van der Waals surface area contributed by atoms with Crippen molar-refractivity contribution in [2.24, 2.45) is 0 Å². The van der Waals surface area contributed by atoms with E-state index in [1.807, 2.05) is 31.2 Å². The molecule has 0 aliphatic carbocycles. The predicted molar refractivity (Wildman–Crippen MR) is 107 cm³/mol. The Labute approximate surface area is 165 Å². The Morgan fingerprint density at radius 3 is 3.00 bits per heavy atom. The first-order valence-corrected chi connectivity index (χ1v) is 9.40. The van der Waals surface area contributed by atoms with E-state index in [1.54, 1.807) is 19.5 Å². The third-order valence-electron chi connectivity index (χ3n) is 4.53. The molecule has 0 aromatic carbocycles. The van der Waals surface area contributed by atoms with Crippen LogP contribution in [-0.2, 0) is 14.3 Å². The second-order valence-corrected chi connectivity index (χ2v) is 6.70. The fourth-order valence-electron chi connectivity index (χ4n) is 3.00. The van der Waals surface area contributed by atoms with Gasteiger partial charge in [-0.3, -0.25) is 14.7 Å². The highest BCUT2D eigenvalue weighted by atomic mass is 16.5. The van der Waals surface area contributed by atoms with Crippen LogP contribution in [0.3, 0.4) is 0 Å². The van der Waals surface area contributed by atoms with E-state index in [4.69, 9.17) is 9.47 Å². The van der Waals surface area contributed by atoms with Gasteiger partial charge < -0.3 is 20.1 Å². The van der Waals surface area contributed by atoms with Crippen LogP contribution in [0.25, 0.3) is 0 Å². The molecule has 0 radical (unpaired) electrons. The minimum absolute atomic E-state index is 0.00376. The van der Waals surface area contributed by atoms with Gasteiger partial charge in [-0.2, -0.15) is 0 Å². The van der Waals surface area contributed by atoms with Crippen LogP contribution < -0.4 is 10.6 Å². The van der Waals surface area contributed by atoms with Crippen molar-refractivity contribution in [3.63, 3.8) is 0 Å². The molecule has 1 aliphatic heterocycles. The molecule has 1 aliphatic rings. The summed E-state index contributed by atoms with van der Waals surface area (Å²) in [5, 5.41) is 6.12. The topological polar surface area (TPSA) is 88.6 Å². The number of morpholine rings is 1. The van der Waals surface area contributed by atoms with E-state index in [0.717, 1.165) is 29.3 Å². The van der Waals surface area contributed by atoms with Crippen molar-refractivity contribution >= 4 is 17.4 Å². The standard InChI is InChI=1S/C20H27N5O3/c1-15-4-3-7-22-20(15)24-16-5-6-17(23-12-16)18-13-25(9-11-28-18)14-19(26)21-8-10-27-2/h3-7,12,18H,8-11,13-14H2,1-2H3,(H,21,26)(H,22,24)/t18-/m0/s1. The number of aromatic nitrogens is 2. The van der Waals surface area contributed by atoms with E-state index in [-0.39, 0.29) is 12.0 Å². The number of rotatable bonds is 8. The maximum atomic E-state index is 12.0. The zero-order valence-corrected chi connectivity index (χ0v) is 16.4. The average Bonchev–Trinajstić information content (AvgIpc) is 2.71. The fraction of sp³-hybridized carbons (Fsp3) is 0.450. The second-order valence-electron chi connectivity index (χ2n) is 6.70. The van der Waals surface area contributed by atoms with Crippen LogP contribution in [0.2, 0.25) is 0 Å². The quantitative estimate of drug-likeness (QED) is 0.668. The van der Waals surface area contributed by atoms with Gasteiger partial charge in [-0.05, 0) is 30.7 Å². The Morgan fingerprint density at radius 2 is 2.25 bits per heavy atom. The first-order valence-electron chi connectivity index (χ1n) is 9.40. The van der Waals surface area contributed by atoms with Crippen molar-refractivity contribution in [1.29, 1.82) is 0 Å². The SMILES string of the molecule is COCCNC(=O)CN1CCO[C@H](c2ccc(Nc3ncccc3C)cn2)C1. The summed E-state index contributed by atoms with van der Waals surface area (Å²) in [6.45, 7) is 5.33. The summed E-state index contributed by atoms with van der Waals surface area (Å²) in [6.07, 6.45) is 3.39. The minimum Gasteiger partial charge on any atom is -0.383 e. The first kappa shape index (κ1) is 20.2. The summed E-state index contributed by atoms with van der Waals surface area (Å²) < 4.78 is 10.8. The lowest BCUT2D eigenvalue weighted by atomic mass is 10.2. The third kappa shape index (κ3) is 5.72. The molecule has 150 valence electrons. The van der Waals surface area contributed by atoms with Gasteiger partial charge in [-0.25, -0.2) is 4.98 Å². The summed E-state index contributed by atoms with van der Waals surface area (Å²) >= 11 is 0. The van der Waals surface area contributed by atoms with Crippen molar-refractivity contribution in [2.45, 2.75) is 13.0 Å². The number of nitrogens with zero attached hydrogens (tertiary/aromatic N) is 3. The zero-order chi connectivity index (χ0) is 19.8. The first-order chi connectivity index (χ1) is 13.7. The number of aryl methyl sites for hydroxylation is 1. The largest absolute Gasteiger partial charge is 0.383 e. The Bertz CT molecular complexity index is 769. The smallest absolute Gasteiger partial charge is 0.234 e. The van der Waals surface area contributed by atoms with E-state index in [2.05, 4.69) is 25.5 Å². The summed E-state index contributed by atoms with van der Waals surface area (Å²) in [6, 6.07) is 7.84. The number of carbonyl (C=O) groups is 1. The molecular formula is C20H27N5O3. The molecule has 1 saturated heterocycles. The van der Waals surface area contributed by atoms with Crippen molar-refractivity contribution in [3.8, 4) is 0 Å². The van der Waals surface area contributed by atoms with Gasteiger partial charge in [-0.15, -0.1) is 0 Å². The molecule has 2 aromatic rings. The predicted octanol–water partition coefficient (Wildman–Crippen LogP) is 1.66. The molecule has 3 rings (SSSR count). The summed E-state index contributed by atoms with van der Waals surface area (Å²) in [5.74, 6) is 0.813. The Morgan fingerprint density at radius 1 is 1.36 bits per heavy atom. The van der Waals surface area contributed by atoms with Gasteiger partial charge in [0.05, 0.1) is 37.3 Å². The molecule has 0 saturated carbocycles. The number of nitrogens with one attached hydrogen (secondary N) is 2. The lowest BCUT2D eigenvalue weighted by Crippen LogP contribution is -2.44. The van der Waals surface area contributed by atoms with Crippen molar-refractivity contribution in [3.05, 3.63) is 47.9 Å². The lowest BCUT2D eigenvalue weighted by Gasteiger charge is -2.32. The number of amides is 1. The van der Waals surface area contributed by atoms with Gasteiger partial charge in [0.15, 0.2) is 0 Å². The third-order valence-corrected chi connectivity index (χ3v) is 4.53. The molecule has 28 heavy (non-hydrogen) atoms. The van der Waals surface area contributed by atoms with Crippen molar-refractivity contribution in [1.82, 2.24) is 20.2 Å². The van der Waals surface area contributed by atoms with Crippen LogP contribution in [-0.4, -0.2) is 67.3 Å². The molecule has 1 atom stereocenters. The summed E-state index contributed by atoms with van der Waals surface area (Å²) in [5.41, 5.74) is 2.80. The average molecular weight is 385 g/mol. The Balaban J connectivity index is 1.54. The number of anilines is 2. The second kappa shape index (κ2) is 10.1. The van der Waals surface area contributed by atoms with Crippen molar-refractivity contribution in [2.75, 3.05) is 51.8 Å². The number of pyridine rings is 2. The number of methoxy groups -OCH3 is 1. The molecule has 2 N–H and O–H groups in total. The summed E-state index contributed by atoms with van der Waals surface area (Å²) in [7, 11) is 1.62. The monoisotopic (exact) mass is 385 g/mol. The number of hydrogen-bond acceptors (Lipinski definition) is 7. The molecule has 1 fully saturated rings. The fourth-order valence-corrected chi connectivity index (χ4v) is 3.00. The molecule has 8 nitrogen and oxygen atoms in total. The number of ether oxygens (including phenoxy) is 2. The van der Waals surface area contributed by atoms with E-state index in [9.17, 15) is 4.79 Å². The zero-order valence-electron chi connectivity index (χ0n) is 16.4. The summed E-state index contributed by atoms with van der Waals surface area (Å²) in [4.78, 5) is 23.0. The van der Waals surface area contributed by atoms with Crippen molar-refractivity contribution < 1.29 is 14.3 Å². The van der Waals surface area contributed by atoms with Crippen LogP contribution >= 0.6 is 0 Å². The van der Waals surface area contributed by atoms with Crippen LogP contribution in [0.5, 0.6) is 0 Å². The highest BCUT2D eigenvalue weighted by Gasteiger charge is 2.24. The molecule has 8 heteroatoms. The Hall–Kier alpha value is -2.55. The van der Waals surface area contributed by atoms with Gasteiger partial charge in [0.2, 0.25) is 5.91 Å². The highest BCUT2D eigenvalue weighted by molar-refractivity contribution is 5.78. The molecule has 3 heterocycles. The van der Waals surface area contributed by atoms with Crippen LogP contribution in [0.15, 0.2) is 36.7 Å². The van der Waals surface area contributed by atoms with Gasteiger partial charge in [0.25, 0.3) is 0 Å². The van der Waals surface area contributed by atoms with Crippen LogP contribution in [0.4, 0.5) is 11.5 Å². The van der Waals surface area contributed by atoms with Crippen LogP contribution in [0, 0.1) is 6.92 Å². The molecule has 0 spiro atoms. The molecule has 0 unspecified atom stereocenters. The van der Waals surface area contributed by atoms with E-state index in [0.29, 0.717) is 32.8 Å². The number of carbonyl (C=O) groups excluding carboxylic acids is 1. The molecular weight excluding hydrogens is 358 g/mol. The molecule has 0 bridgehead atoms. The van der Waals surface area contributed by atoms with Gasteiger partial charge >= 0.3 is 0 Å². The van der Waals surface area contributed by atoms with Gasteiger partial charge in [0.1, 0.15) is 11.9 Å². The molecule has 2 aromatic heterocycles. The maximum absolute atomic E-state index is 12.0. The highest BCUT2D eigenvalue weighted by Crippen LogP contribution is 2.23. The minimum atomic E-state index is -0.147. The van der Waals surface area contributed by atoms with Crippen LogP contribution in [0.1, 0.15) is 17.4 Å². The lowest BCUT2D eigenvalue weighted by molar-refractivity contribution is -0.124. The van der Waals surface area contributed by atoms with Gasteiger partial charge in [-0.1, -0.05) is 6.07 Å². The van der Waals surface area contributed by atoms with E-state index in [1.165, 1.54) is 0 Å². The molecule has 1 amide bonds. The van der Waals surface area contributed by atoms with Gasteiger partial charge in [0, 0.05) is 32.9 Å². The maximum Gasteiger partial charge on any atom is 0.234 e. The van der Waals surface area contributed by atoms with E-state index >= 15 is 0 Å². The number of hydrogen-bond donors (Lipinski definition) is 2. The Kier molecular flexibility index (Phi) is 7.30. The normalized spacial score (nSPS) is 17.3. The van der Waals surface area contributed by atoms with E-state index < -0.39 is 0 Å².